The number of nitrogens with one attached hydrogen (secondary N) is 1. The van der Waals surface area contributed by atoms with Gasteiger partial charge in [0.1, 0.15) is 17.5 Å². The van der Waals surface area contributed by atoms with Crippen LogP contribution in [0.1, 0.15) is 31.1 Å². The molecule has 0 saturated carbocycles. The molecule has 1 atom stereocenters. The van der Waals surface area contributed by atoms with Crippen LogP contribution >= 0.6 is 0 Å². The number of rotatable bonds is 6. The molecule has 136 valence electrons. The summed E-state index contributed by atoms with van der Waals surface area (Å²) in [7, 11) is 0. The molecule has 0 aliphatic carbocycles. The van der Waals surface area contributed by atoms with Crippen LogP contribution < -0.4 is 10.1 Å². The number of hydrogen-bond donors (Lipinski definition) is 2. The highest BCUT2D eigenvalue weighted by molar-refractivity contribution is 5.97. The summed E-state index contributed by atoms with van der Waals surface area (Å²) in [5, 5.41) is 11.8. The Morgan fingerprint density at radius 2 is 1.58 bits per heavy atom. The molecule has 0 saturated heterocycles. The van der Waals surface area contributed by atoms with E-state index in [1.165, 1.54) is 6.08 Å². The summed E-state index contributed by atoms with van der Waals surface area (Å²) in [5.41, 5.74) is 0.190. The molecule has 2 aromatic rings. The first-order chi connectivity index (χ1) is 12.2. The maximum absolute atomic E-state index is 12.3. The van der Waals surface area contributed by atoms with E-state index in [1.807, 2.05) is 51.1 Å². The van der Waals surface area contributed by atoms with Crippen molar-refractivity contribution in [3.63, 3.8) is 0 Å². The van der Waals surface area contributed by atoms with Crippen LogP contribution in [0.3, 0.4) is 0 Å². The minimum atomic E-state index is -1.11. The van der Waals surface area contributed by atoms with Crippen LogP contribution in [0.2, 0.25) is 0 Å². The first-order valence-corrected chi connectivity index (χ1v) is 8.30. The van der Waals surface area contributed by atoms with E-state index in [-0.39, 0.29) is 5.41 Å². The smallest absolute Gasteiger partial charge is 0.330 e. The maximum atomic E-state index is 12.3. The summed E-state index contributed by atoms with van der Waals surface area (Å²) in [6, 6.07) is 14.8. The van der Waals surface area contributed by atoms with Crippen molar-refractivity contribution in [3.05, 3.63) is 72.3 Å². The fourth-order valence-corrected chi connectivity index (χ4v) is 2.10. The first kappa shape index (κ1) is 19.2. The number of carboxylic acid groups (broad SMARTS) is 1. The molecule has 2 aromatic carbocycles. The monoisotopic (exact) mass is 353 g/mol. The Morgan fingerprint density at radius 1 is 1.00 bits per heavy atom. The number of amides is 1. The lowest BCUT2D eigenvalue weighted by atomic mass is 9.95. The molecule has 26 heavy (non-hydrogen) atoms. The van der Waals surface area contributed by atoms with Crippen LogP contribution in [0.15, 0.2) is 66.7 Å². The predicted molar refractivity (Wildman–Crippen MR) is 100 cm³/mol. The molecule has 2 rings (SSSR count). The SMILES string of the molecule is CC(C)(C)/C=C/C(NC(=O)c1ccc(Oc2ccccc2)cc1)C(=O)O. The Balaban J connectivity index is 2.04. The number of carbonyl (C=O) groups excluding carboxylic acids is 1. The van der Waals surface area contributed by atoms with Gasteiger partial charge in [0.05, 0.1) is 0 Å². The first-order valence-electron chi connectivity index (χ1n) is 8.30. The molecule has 0 aliphatic rings. The van der Waals surface area contributed by atoms with E-state index in [2.05, 4.69) is 5.32 Å². The Morgan fingerprint density at radius 3 is 2.12 bits per heavy atom. The van der Waals surface area contributed by atoms with Crippen LogP contribution in [0.25, 0.3) is 0 Å². The van der Waals surface area contributed by atoms with Crippen LogP contribution in [-0.4, -0.2) is 23.0 Å². The molecular weight excluding hydrogens is 330 g/mol. The third-order valence-electron chi connectivity index (χ3n) is 3.44. The van der Waals surface area contributed by atoms with E-state index in [0.717, 1.165) is 0 Å². The second kappa shape index (κ2) is 8.34. The zero-order valence-corrected chi connectivity index (χ0v) is 15.1. The number of aliphatic carboxylic acids is 1. The number of carboxylic acids is 1. The fraction of sp³-hybridized carbons (Fsp3) is 0.238. The summed E-state index contributed by atoms with van der Waals surface area (Å²) in [5.74, 6) is -0.275. The van der Waals surface area contributed by atoms with Crippen molar-refractivity contribution in [2.24, 2.45) is 5.41 Å². The molecule has 0 radical (unpaired) electrons. The Hall–Kier alpha value is -3.08. The van der Waals surface area contributed by atoms with E-state index in [9.17, 15) is 14.7 Å². The van der Waals surface area contributed by atoms with Gasteiger partial charge in [-0.25, -0.2) is 4.79 Å². The number of ether oxygens (including phenoxy) is 1. The molecule has 1 unspecified atom stereocenters. The van der Waals surface area contributed by atoms with Crippen molar-refractivity contribution in [2.75, 3.05) is 0 Å². The van der Waals surface area contributed by atoms with Crippen molar-refractivity contribution in [2.45, 2.75) is 26.8 Å². The summed E-state index contributed by atoms with van der Waals surface area (Å²) in [6.07, 6.45) is 3.26. The molecule has 0 aliphatic heterocycles. The minimum Gasteiger partial charge on any atom is -0.479 e. The second-order valence-electron chi connectivity index (χ2n) is 6.95. The zero-order chi connectivity index (χ0) is 19.2. The van der Waals surface area contributed by atoms with Gasteiger partial charge >= 0.3 is 5.97 Å². The van der Waals surface area contributed by atoms with E-state index in [1.54, 1.807) is 30.3 Å². The van der Waals surface area contributed by atoms with Gasteiger partial charge in [-0.05, 0) is 41.8 Å². The lowest BCUT2D eigenvalue weighted by molar-refractivity contribution is -0.137. The van der Waals surface area contributed by atoms with Crippen LogP contribution in [0.5, 0.6) is 11.5 Å². The van der Waals surface area contributed by atoms with Gasteiger partial charge in [0, 0.05) is 5.56 Å². The Kier molecular flexibility index (Phi) is 6.17. The van der Waals surface area contributed by atoms with Crippen molar-refractivity contribution in [3.8, 4) is 11.5 Å². The van der Waals surface area contributed by atoms with E-state index < -0.39 is 17.9 Å². The van der Waals surface area contributed by atoms with Gasteiger partial charge in [-0.1, -0.05) is 51.1 Å². The van der Waals surface area contributed by atoms with E-state index >= 15 is 0 Å². The minimum absolute atomic E-state index is 0.172. The number of para-hydroxylation sites is 1. The third-order valence-corrected chi connectivity index (χ3v) is 3.44. The number of benzene rings is 2. The molecule has 0 bridgehead atoms. The quantitative estimate of drug-likeness (QED) is 0.761. The van der Waals surface area contributed by atoms with Crippen molar-refractivity contribution in [1.29, 1.82) is 0 Å². The van der Waals surface area contributed by atoms with Crippen LogP contribution in [0.4, 0.5) is 0 Å². The average molecular weight is 353 g/mol. The van der Waals surface area contributed by atoms with E-state index in [4.69, 9.17) is 4.74 Å². The highest BCUT2D eigenvalue weighted by atomic mass is 16.5. The van der Waals surface area contributed by atoms with Gasteiger partial charge in [-0.3, -0.25) is 4.79 Å². The average Bonchev–Trinajstić information content (AvgIpc) is 2.59. The topological polar surface area (TPSA) is 75.6 Å². The van der Waals surface area contributed by atoms with Gasteiger partial charge in [0.15, 0.2) is 0 Å². The summed E-state index contributed by atoms with van der Waals surface area (Å²) in [4.78, 5) is 23.7. The molecule has 0 fully saturated rings. The standard InChI is InChI=1S/C21H23NO4/c1-21(2,3)14-13-18(20(24)25)22-19(23)15-9-11-17(12-10-15)26-16-7-5-4-6-8-16/h4-14,18H,1-3H3,(H,22,23)(H,24,25)/b14-13+. The van der Waals surface area contributed by atoms with Crippen LogP contribution in [-0.2, 0) is 4.79 Å². The molecule has 5 heteroatoms. The van der Waals surface area contributed by atoms with Gasteiger partial charge in [-0.2, -0.15) is 0 Å². The summed E-state index contributed by atoms with van der Waals surface area (Å²) < 4.78 is 5.67. The number of hydrogen-bond acceptors (Lipinski definition) is 3. The molecule has 2 N–H and O–H groups in total. The zero-order valence-electron chi connectivity index (χ0n) is 15.1. The van der Waals surface area contributed by atoms with Gasteiger partial charge in [0.25, 0.3) is 5.91 Å². The molecule has 1 amide bonds. The third kappa shape index (κ3) is 6.09. The second-order valence-corrected chi connectivity index (χ2v) is 6.95. The Bertz CT molecular complexity index is 774. The predicted octanol–water partition coefficient (Wildman–Crippen LogP) is 4.26. The lowest BCUT2D eigenvalue weighted by Gasteiger charge is -2.15. The maximum Gasteiger partial charge on any atom is 0.330 e. The van der Waals surface area contributed by atoms with Gasteiger partial charge in [-0.15, -0.1) is 0 Å². The molecule has 5 nitrogen and oxygen atoms in total. The normalized spacial score (nSPS) is 12.6. The lowest BCUT2D eigenvalue weighted by Crippen LogP contribution is -2.39. The van der Waals surface area contributed by atoms with Crippen molar-refractivity contribution >= 4 is 11.9 Å². The fourth-order valence-electron chi connectivity index (χ4n) is 2.10. The summed E-state index contributed by atoms with van der Waals surface area (Å²) in [6.45, 7) is 5.86. The molecule has 0 spiro atoms. The van der Waals surface area contributed by atoms with Crippen LogP contribution in [0, 0.1) is 5.41 Å². The number of allylic oxidation sites excluding steroid dienone is 1. The van der Waals surface area contributed by atoms with Crippen molar-refractivity contribution < 1.29 is 19.4 Å². The Labute approximate surface area is 153 Å². The van der Waals surface area contributed by atoms with E-state index in [0.29, 0.717) is 17.1 Å². The molecule has 0 aromatic heterocycles. The molecular formula is C21H23NO4. The largest absolute Gasteiger partial charge is 0.479 e. The van der Waals surface area contributed by atoms with Crippen molar-refractivity contribution in [1.82, 2.24) is 5.32 Å². The van der Waals surface area contributed by atoms with Gasteiger partial charge < -0.3 is 15.2 Å². The van der Waals surface area contributed by atoms with Gasteiger partial charge in [0.2, 0.25) is 0 Å². The number of carbonyl (C=O) groups is 2. The highest BCUT2D eigenvalue weighted by Crippen LogP contribution is 2.21. The highest BCUT2D eigenvalue weighted by Gasteiger charge is 2.19. The summed E-state index contributed by atoms with van der Waals surface area (Å²) >= 11 is 0. The molecule has 0 heterocycles.